The number of amides is 1. The number of hydrogen-bond donors (Lipinski definition) is 2. The van der Waals surface area contributed by atoms with Gasteiger partial charge in [0.05, 0.1) is 17.8 Å². The maximum atomic E-state index is 13.4. The number of carbonyl (C=O) groups excluding carboxylic acids is 1. The zero-order valence-corrected chi connectivity index (χ0v) is 18.1. The Bertz CT molecular complexity index is 1290. The van der Waals surface area contributed by atoms with Crippen LogP contribution >= 0.6 is 0 Å². The van der Waals surface area contributed by atoms with Crippen LogP contribution in [0.5, 0.6) is 0 Å². The molecule has 0 fully saturated rings. The molecule has 0 aliphatic carbocycles. The maximum absolute atomic E-state index is 13.4. The fourth-order valence-electron chi connectivity index (χ4n) is 3.52. The predicted octanol–water partition coefficient (Wildman–Crippen LogP) is 5.09. The quantitative estimate of drug-likeness (QED) is 0.268. The molecular weight excluding hydrogens is 437 g/mol. The maximum Gasteiger partial charge on any atom is 0.292 e. The van der Waals surface area contributed by atoms with Crippen LogP contribution < -0.4 is 10.6 Å². The third kappa shape index (κ3) is 5.44. The van der Waals surface area contributed by atoms with Gasteiger partial charge in [0.15, 0.2) is 0 Å². The summed E-state index contributed by atoms with van der Waals surface area (Å²) in [7, 11) is 0. The van der Waals surface area contributed by atoms with Crippen molar-refractivity contribution in [3.05, 3.63) is 107 Å². The van der Waals surface area contributed by atoms with Crippen molar-refractivity contribution in [2.75, 3.05) is 17.2 Å². The molecule has 0 saturated heterocycles. The first kappa shape index (κ1) is 22.7. The van der Waals surface area contributed by atoms with Gasteiger partial charge < -0.3 is 15.2 Å². The number of nitrogens with zero attached hydrogens (tertiary/aromatic N) is 3. The van der Waals surface area contributed by atoms with Crippen LogP contribution in [0, 0.1) is 15.9 Å². The van der Waals surface area contributed by atoms with Gasteiger partial charge in [-0.25, -0.2) is 9.37 Å². The molecule has 172 valence electrons. The van der Waals surface area contributed by atoms with E-state index in [-0.39, 0.29) is 30.4 Å². The molecule has 1 aromatic heterocycles. The van der Waals surface area contributed by atoms with Crippen LogP contribution in [0.25, 0.3) is 11.3 Å². The number of para-hydroxylation sites is 2. The number of imidazole rings is 1. The summed E-state index contributed by atoms with van der Waals surface area (Å²) in [6.07, 6.45) is 1.71. The fraction of sp³-hybridized carbons (Fsp3) is 0.120. The minimum atomic E-state index is -0.473. The number of halogens is 1. The van der Waals surface area contributed by atoms with Gasteiger partial charge in [-0.1, -0.05) is 42.5 Å². The summed E-state index contributed by atoms with van der Waals surface area (Å²) >= 11 is 0. The lowest BCUT2D eigenvalue weighted by Crippen LogP contribution is -2.19. The van der Waals surface area contributed by atoms with Crippen LogP contribution in [-0.4, -0.2) is 26.9 Å². The van der Waals surface area contributed by atoms with Crippen LogP contribution in [0.4, 0.5) is 21.6 Å². The third-order valence-corrected chi connectivity index (χ3v) is 5.18. The second kappa shape index (κ2) is 10.4. The molecule has 0 bridgehead atoms. The molecule has 0 spiro atoms. The number of nitro benzene ring substituents is 1. The SMILES string of the molecule is O=C(CCNc1ccccc1[N+](=O)[O-])Nc1c(-c2ccc(F)cc2)ncn1Cc1ccccc1. The molecule has 0 unspecified atom stereocenters. The van der Waals surface area contributed by atoms with Gasteiger partial charge in [-0.3, -0.25) is 14.9 Å². The van der Waals surface area contributed by atoms with Crippen LogP contribution in [0.1, 0.15) is 12.0 Å². The highest BCUT2D eigenvalue weighted by Crippen LogP contribution is 2.28. The largest absolute Gasteiger partial charge is 0.379 e. The lowest BCUT2D eigenvalue weighted by atomic mass is 10.1. The van der Waals surface area contributed by atoms with E-state index in [4.69, 9.17) is 0 Å². The standard InChI is InChI=1S/C25H22FN5O3/c26-20-12-10-19(11-13-20)24-25(30(17-28-24)16-18-6-2-1-3-7-18)29-23(32)14-15-27-21-8-4-5-9-22(21)31(33)34/h1-13,17,27H,14-16H2,(H,29,32). The third-order valence-electron chi connectivity index (χ3n) is 5.18. The van der Waals surface area contributed by atoms with Crippen molar-refractivity contribution in [2.45, 2.75) is 13.0 Å². The van der Waals surface area contributed by atoms with Crippen molar-refractivity contribution in [3.8, 4) is 11.3 Å². The van der Waals surface area contributed by atoms with E-state index in [9.17, 15) is 19.3 Å². The average molecular weight is 459 g/mol. The highest BCUT2D eigenvalue weighted by molar-refractivity contribution is 5.93. The number of hydrogen-bond acceptors (Lipinski definition) is 5. The van der Waals surface area contributed by atoms with E-state index in [0.717, 1.165) is 5.56 Å². The molecule has 1 heterocycles. The van der Waals surface area contributed by atoms with Gasteiger partial charge in [0.25, 0.3) is 5.69 Å². The summed E-state index contributed by atoms with van der Waals surface area (Å²) in [5.74, 6) is -0.158. The summed E-state index contributed by atoms with van der Waals surface area (Å²) in [6, 6.07) is 21.9. The first-order valence-corrected chi connectivity index (χ1v) is 10.6. The molecule has 8 nitrogen and oxygen atoms in total. The van der Waals surface area contributed by atoms with Crippen molar-refractivity contribution in [2.24, 2.45) is 0 Å². The van der Waals surface area contributed by atoms with Gasteiger partial charge >= 0.3 is 0 Å². The van der Waals surface area contributed by atoms with Gasteiger partial charge in [0.1, 0.15) is 23.0 Å². The van der Waals surface area contributed by atoms with Gasteiger partial charge in [0.2, 0.25) is 5.91 Å². The van der Waals surface area contributed by atoms with Crippen molar-refractivity contribution >= 4 is 23.1 Å². The van der Waals surface area contributed by atoms with Crippen LogP contribution in [0.15, 0.2) is 85.2 Å². The van der Waals surface area contributed by atoms with Crippen molar-refractivity contribution in [1.82, 2.24) is 9.55 Å². The molecule has 4 aromatic rings. The number of benzene rings is 3. The fourth-order valence-corrected chi connectivity index (χ4v) is 3.52. The molecule has 1 amide bonds. The molecule has 34 heavy (non-hydrogen) atoms. The molecule has 9 heteroatoms. The Morgan fingerprint density at radius 2 is 1.71 bits per heavy atom. The molecule has 2 N–H and O–H groups in total. The van der Waals surface area contributed by atoms with E-state index in [1.807, 2.05) is 34.9 Å². The van der Waals surface area contributed by atoms with Crippen LogP contribution in [-0.2, 0) is 11.3 Å². The van der Waals surface area contributed by atoms with Crippen molar-refractivity contribution in [3.63, 3.8) is 0 Å². The zero-order valence-electron chi connectivity index (χ0n) is 18.1. The Kier molecular flexibility index (Phi) is 6.92. The second-order valence-electron chi connectivity index (χ2n) is 7.56. The summed E-state index contributed by atoms with van der Waals surface area (Å²) in [5, 5.41) is 17.0. The number of carbonyl (C=O) groups is 1. The Balaban J connectivity index is 1.51. The molecular formula is C25H22FN5O3. The number of anilines is 2. The second-order valence-corrected chi connectivity index (χ2v) is 7.56. The summed E-state index contributed by atoms with van der Waals surface area (Å²) in [6.45, 7) is 0.689. The van der Waals surface area contributed by atoms with Crippen LogP contribution in [0.3, 0.4) is 0 Å². The van der Waals surface area contributed by atoms with Crippen LogP contribution in [0.2, 0.25) is 0 Å². The van der Waals surface area contributed by atoms with E-state index in [0.29, 0.717) is 29.3 Å². The average Bonchev–Trinajstić information content (AvgIpc) is 3.22. The van der Waals surface area contributed by atoms with Gasteiger partial charge in [-0.05, 0) is 35.9 Å². The first-order chi connectivity index (χ1) is 16.5. The zero-order chi connectivity index (χ0) is 23.9. The van der Waals surface area contributed by atoms with E-state index in [1.54, 1.807) is 36.7 Å². The molecule has 0 atom stereocenters. The summed E-state index contributed by atoms with van der Waals surface area (Å²) in [4.78, 5) is 27.9. The van der Waals surface area contributed by atoms with E-state index in [1.165, 1.54) is 18.2 Å². The molecule has 0 aliphatic rings. The lowest BCUT2D eigenvalue weighted by molar-refractivity contribution is -0.384. The Labute approximate surface area is 195 Å². The predicted molar refractivity (Wildman–Crippen MR) is 128 cm³/mol. The highest BCUT2D eigenvalue weighted by atomic mass is 19.1. The number of rotatable bonds is 9. The van der Waals surface area contributed by atoms with Gasteiger partial charge in [-0.2, -0.15) is 0 Å². The monoisotopic (exact) mass is 459 g/mol. The summed E-state index contributed by atoms with van der Waals surface area (Å²) in [5.41, 5.74) is 2.51. The molecule has 0 saturated carbocycles. The normalized spacial score (nSPS) is 10.6. The van der Waals surface area contributed by atoms with E-state index in [2.05, 4.69) is 15.6 Å². The van der Waals surface area contributed by atoms with E-state index >= 15 is 0 Å². The van der Waals surface area contributed by atoms with Crippen molar-refractivity contribution in [1.29, 1.82) is 0 Å². The Hall–Kier alpha value is -4.53. The Morgan fingerprint density at radius 3 is 2.44 bits per heavy atom. The lowest BCUT2D eigenvalue weighted by Gasteiger charge is -2.13. The molecule has 3 aromatic carbocycles. The van der Waals surface area contributed by atoms with Gasteiger partial charge in [0, 0.05) is 24.6 Å². The van der Waals surface area contributed by atoms with Gasteiger partial charge in [-0.15, -0.1) is 0 Å². The van der Waals surface area contributed by atoms with E-state index < -0.39 is 4.92 Å². The number of nitrogens with one attached hydrogen (secondary N) is 2. The minimum Gasteiger partial charge on any atom is -0.379 e. The highest BCUT2D eigenvalue weighted by Gasteiger charge is 2.17. The molecule has 0 radical (unpaired) electrons. The first-order valence-electron chi connectivity index (χ1n) is 10.6. The summed E-state index contributed by atoms with van der Waals surface area (Å²) < 4.78 is 15.2. The molecule has 4 rings (SSSR count). The topological polar surface area (TPSA) is 102 Å². The number of nitro groups is 1. The number of aromatic nitrogens is 2. The smallest absolute Gasteiger partial charge is 0.292 e. The van der Waals surface area contributed by atoms with Crippen molar-refractivity contribution < 1.29 is 14.1 Å². The molecule has 0 aliphatic heterocycles. The Morgan fingerprint density at radius 1 is 1.00 bits per heavy atom. The minimum absolute atomic E-state index is 0.0533.